The average Bonchev–Trinajstić information content (AvgIpc) is 2.92. The van der Waals surface area contributed by atoms with Crippen molar-refractivity contribution < 1.29 is 23.6 Å². The minimum Gasteiger partial charge on any atom is -0.494 e. The normalized spacial score (nSPS) is 10.2. The average molecular weight is 526 g/mol. The van der Waals surface area contributed by atoms with Gasteiger partial charge in [-0.3, -0.25) is 4.79 Å². The molecule has 0 bridgehead atoms. The van der Waals surface area contributed by atoms with E-state index in [9.17, 15) is 9.59 Å². The number of benzene rings is 2. The standard InChI is InChI=1S/C28H31ClN2O4.C2H6/c1-31-19-10-11-22(21-31)27(32)30-18-8-4-2-3-5-9-20-34-23-14-16-24(17-15-23)35-28(33)25-12-6-7-13-26(25)29;1-2/h6-7,10-17,19,21H,2-5,8-9,18,20H2,1H3;1-2H3/p+1. The zero-order chi connectivity index (χ0) is 26.9. The number of amides is 1. The van der Waals surface area contributed by atoms with Crippen molar-refractivity contribution in [2.75, 3.05) is 13.2 Å². The van der Waals surface area contributed by atoms with Crippen LogP contribution in [0.15, 0.2) is 73.1 Å². The van der Waals surface area contributed by atoms with E-state index in [0.717, 1.165) is 44.3 Å². The van der Waals surface area contributed by atoms with Gasteiger partial charge in [0.15, 0.2) is 12.4 Å². The topological polar surface area (TPSA) is 68.5 Å². The van der Waals surface area contributed by atoms with Gasteiger partial charge in [-0.2, -0.15) is 0 Å². The van der Waals surface area contributed by atoms with Gasteiger partial charge in [0.05, 0.1) is 17.2 Å². The third-order valence-corrected chi connectivity index (χ3v) is 5.78. The summed E-state index contributed by atoms with van der Waals surface area (Å²) in [5.74, 6) is 0.670. The van der Waals surface area contributed by atoms with Gasteiger partial charge >= 0.3 is 5.97 Å². The number of unbranched alkanes of at least 4 members (excludes halogenated alkanes) is 5. The second kappa shape index (κ2) is 17.1. The van der Waals surface area contributed by atoms with Crippen LogP contribution in [0.5, 0.6) is 11.5 Å². The Hall–Kier alpha value is -3.38. The van der Waals surface area contributed by atoms with E-state index in [1.165, 1.54) is 0 Å². The molecule has 0 spiro atoms. The van der Waals surface area contributed by atoms with Crippen molar-refractivity contribution in [1.29, 1.82) is 0 Å². The Bertz CT molecular complexity index is 1100. The summed E-state index contributed by atoms with van der Waals surface area (Å²) in [5, 5.41) is 3.34. The zero-order valence-corrected chi connectivity index (χ0v) is 22.8. The summed E-state index contributed by atoms with van der Waals surface area (Å²) in [4.78, 5) is 24.3. The Morgan fingerprint density at radius 3 is 2.19 bits per heavy atom. The summed E-state index contributed by atoms with van der Waals surface area (Å²) >= 11 is 6.04. The number of ether oxygens (including phenoxy) is 2. The highest BCUT2D eigenvalue weighted by atomic mass is 35.5. The van der Waals surface area contributed by atoms with E-state index in [-0.39, 0.29) is 5.91 Å². The van der Waals surface area contributed by atoms with Crippen LogP contribution in [0.4, 0.5) is 0 Å². The van der Waals surface area contributed by atoms with Gasteiger partial charge in [0.2, 0.25) is 0 Å². The molecule has 0 aliphatic carbocycles. The van der Waals surface area contributed by atoms with Gasteiger partial charge in [-0.1, -0.05) is 63.3 Å². The number of aromatic nitrogens is 1. The van der Waals surface area contributed by atoms with Crippen LogP contribution in [-0.4, -0.2) is 25.0 Å². The molecule has 1 N–H and O–H groups in total. The van der Waals surface area contributed by atoms with Gasteiger partial charge in [-0.25, -0.2) is 9.36 Å². The quantitative estimate of drug-likeness (QED) is 0.119. The molecule has 0 aliphatic heterocycles. The molecule has 0 unspecified atom stereocenters. The van der Waals surface area contributed by atoms with Crippen LogP contribution in [0, 0.1) is 0 Å². The number of hydrogen-bond donors (Lipinski definition) is 1. The first-order valence-electron chi connectivity index (χ1n) is 13.0. The lowest BCUT2D eigenvalue weighted by molar-refractivity contribution is -0.671. The fraction of sp³-hybridized carbons (Fsp3) is 0.367. The maximum atomic E-state index is 12.2. The molecular formula is C30H38ClN2O4+. The second-order valence-electron chi connectivity index (χ2n) is 8.32. The lowest BCUT2D eigenvalue weighted by Crippen LogP contribution is -2.31. The van der Waals surface area contributed by atoms with Crippen LogP contribution in [0.25, 0.3) is 0 Å². The van der Waals surface area contributed by atoms with E-state index >= 15 is 0 Å². The Labute approximate surface area is 225 Å². The number of carbonyl (C=O) groups is 2. The summed E-state index contributed by atoms with van der Waals surface area (Å²) in [6, 6.07) is 17.5. The van der Waals surface area contributed by atoms with Gasteiger partial charge in [-0.15, -0.1) is 0 Å². The highest BCUT2D eigenvalue weighted by Gasteiger charge is 2.12. The molecule has 0 saturated heterocycles. The summed E-state index contributed by atoms with van der Waals surface area (Å²) in [6.45, 7) is 5.34. The van der Waals surface area contributed by atoms with Crippen LogP contribution in [0.3, 0.4) is 0 Å². The van der Waals surface area contributed by atoms with Crippen molar-refractivity contribution in [3.63, 3.8) is 0 Å². The number of nitrogens with one attached hydrogen (secondary N) is 1. The minimum absolute atomic E-state index is 0.0230. The molecule has 6 nitrogen and oxygen atoms in total. The van der Waals surface area contributed by atoms with Crippen molar-refractivity contribution in [2.45, 2.75) is 52.4 Å². The SMILES string of the molecule is CC.C[n+]1cccc(C(=O)NCCCCCCCCOc2ccc(OC(=O)c3ccccc3Cl)cc2)c1. The number of halogens is 1. The number of esters is 1. The first-order valence-corrected chi connectivity index (χ1v) is 13.3. The number of nitrogens with zero attached hydrogens (tertiary/aromatic N) is 1. The van der Waals surface area contributed by atoms with Crippen molar-refractivity contribution in [1.82, 2.24) is 5.32 Å². The van der Waals surface area contributed by atoms with E-state index < -0.39 is 5.97 Å². The van der Waals surface area contributed by atoms with Crippen LogP contribution < -0.4 is 19.4 Å². The Balaban J connectivity index is 0.00000235. The van der Waals surface area contributed by atoms with E-state index in [0.29, 0.717) is 35.1 Å². The summed E-state index contributed by atoms with van der Waals surface area (Å²) in [7, 11) is 1.90. The second-order valence-corrected chi connectivity index (χ2v) is 8.73. The predicted molar refractivity (Wildman–Crippen MR) is 147 cm³/mol. The van der Waals surface area contributed by atoms with Crippen LogP contribution in [0.1, 0.15) is 73.1 Å². The monoisotopic (exact) mass is 525 g/mol. The predicted octanol–water partition coefficient (Wildman–Crippen LogP) is 6.56. The van der Waals surface area contributed by atoms with Crippen molar-refractivity contribution in [3.05, 3.63) is 89.2 Å². The first kappa shape index (κ1) is 29.8. The number of carbonyl (C=O) groups excluding carboxylic acids is 2. The molecule has 0 fully saturated rings. The van der Waals surface area contributed by atoms with Crippen molar-refractivity contribution in [2.24, 2.45) is 7.05 Å². The largest absolute Gasteiger partial charge is 0.494 e. The fourth-order valence-electron chi connectivity index (χ4n) is 3.54. The molecule has 2 aromatic carbocycles. The Morgan fingerprint density at radius 1 is 0.838 bits per heavy atom. The fourth-order valence-corrected chi connectivity index (χ4v) is 3.76. The maximum absolute atomic E-state index is 12.2. The Kier molecular flexibility index (Phi) is 13.8. The van der Waals surface area contributed by atoms with Crippen LogP contribution >= 0.6 is 11.6 Å². The van der Waals surface area contributed by atoms with E-state index in [1.54, 1.807) is 48.5 Å². The molecule has 1 heterocycles. The molecule has 0 aliphatic rings. The number of aryl methyl sites for hydroxylation is 1. The Morgan fingerprint density at radius 2 is 1.49 bits per heavy atom. The molecule has 198 valence electrons. The number of hydrogen-bond acceptors (Lipinski definition) is 4. The molecule has 3 rings (SSSR count). The van der Waals surface area contributed by atoms with Crippen molar-refractivity contribution >= 4 is 23.5 Å². The lowest BCUT2D eigenvalue weighted by Gasteiger charge is -2.08. The minimum atomic E-state index is -0.489. The zero-order valence-electron chi connectivity index (χ0n) is 22.0. The smallest absolute Gasteiger partial charge is 0.345 e. The molecule has 0 atom stereocenters. The van der Waals surface area contributed by atoms with Gasteiger partial charge in [0.1, 0.15) is 24.1 Å². The van der Waals surface area contributed by atoms with E-state index in [4.69, 9.17) is 21.1 Å². The molecular weight excluding hydrogens is 488 g/mol. The highest BCUT2D eigenvalue weighted by molar-refractivity contribution is 6.33. The number of pyridine rings is 1. The van der Waals surface area contributed by atoms with Gasteiger partial charge in [0, 0.05) is 12.6 Å². The van der Waals surface area contributed by atoms with Crippen LogP contribution in [-0.2, 0) is 7.05 Å². The number of rotatable bonds is 13. The molecule has 0 saturated carbocycles. The molecule has 3 aromatic rings. The first-order chi connectivity index (χ1) is 18.0. The maximum Gasteiger partial charge on any atom is 0.345 e. The molecule has 0 radical (unpaired) electrons. The lowest BCUT2D eigenvalue weighted by atomic mass is 10.1. The highest BCUT2D eigenvalue weighted by Crippen LogP contribution is 2.21. The molecule has 1 aromatic heterocycles. The third-order valence-electron chi connectivity index (χ3n) is 5.46. The van der Waals surface area contributed by atoms with Crippen molar-refractivity contribution in [3.8, 4) is 11.5 Å². The van der Waals surface area contributed by atoms with Gasteiger partial charge in [0.25, 0.3) is 5.91 Å². The molecule has 1 amide bonds. The molecule has 7 heteroatoms. The van der Waals surface area contributed by atoms with Crippen LogP contribution in [0.2, 0.25) is 5.02 Å². The van der Waals surface area contributed by atoms with E-state index in [2.05, 4.69) is 5.32 Å². The summed E-state index contributed by atoms with van der Waals surface area (Å²) in [6.07, 6.45) is 10.2. The summed E-state index contributed by atoms with van der Waals surface area (Å²) in [5.41, 5.74) is 1.02. The van der Waals surface area contributed by atoms with Gasteiger partial charge < -0.3 is 14.8 Å². The van der Waals surface area contributed by atoms with Gasteiger partial charge in [-0.05, 0) is 55.3 Å². The molecule has 37 heavy (non-hydrogen) atoms. The third kappa shape index (κ3) is 11.0. The van der Waals surface area contributed by atoms with E-state index in [1.807, 2.05) is 50.0 Å². The summed E-state index contributed by atoms with van der Waals surface area (Å²) < 4.78 is 13.0.